The van der Waals surface area contributed by atoms with Crippen LogP contribution in [0.15, 0.2) is 29.2 Å². The van der Waals surface area contributed by atoms with Gasteiger partial charge in [-0.2, -0.15) is 4.31 Å². The van der Waals surface area contributed by atoms with Crippen molar-refractivity contribution in [2.24, 2.45) is 0 Å². The molecule has 2 aliphatic rings. The molecule has 1 aromatic carbocycles. The summed E-state index contributed by atoms with van der Waals surface area (Å²) < 4.78 is 27.2. The predicted octanol–water partition coefficient (Wildman–Crippen LogP) is 2.83. The molecular weight excluding hydrogens is 398 g/mol. The van der Waals surface area contributed by atoms with E-state index in [-0.39, 0.29) is 21.9 Å². The minimum atomic E-state index is -3.62. The first-order valence-corrected chi connectivity index (χ1v) is 11.9. The van der Waals surface area contributed by atoms with Gasteiger partial charge in [-0.3, -0.25) is 9.69 Å². The van der Waals surface area contributed by atoms with Crippen molar-refractivity contribution in [3.63, 3.8) is 0 Å². The smallest absolute Gasteiger partial charge is 0.244 e. The van der Waals surface area contributed by atoms with E-state index in [0.29, 0.717) is 32.2 Å². The monoisotopic (exact) mass is 427 g/mol. The maximum atomic E-state index is 12.9. The topological polar surface area (TPSA) is 60.9 Å². The Bertz CT molecular complexity index is 788. The van der Waals surface area contributed by atoms with Gasteiger partial charge in [0.2, 0.25) is 15.9 Å². The van der Waals surface area contributed by atoms with E-state index in [2.05, 4.69) is 4.90 Å². The fraction of sp³-hybridized carbons (Fsp3) is 0.650. The predicted molar refractivity (Wildman–Crippen MR) is 111 cm³/mol. The zero-order chi connectivity index (χ0) is 20.3. The molecule has 0 N–H and O–H groups in total. The van der Waals surface area contributed by atoms with Gasteiger partial charge in [-0.1, -0.05) is 43.0 Å². The van der Waals surface area contributed by atoms with E-state index in [4.69, 9.17) is 11.6 Å². The van der Waals surface area contributed by atoms with Crippen LogP contribution in [0.5, 0.6) is 0 Å². The van der Waals surface area contributed by atoms with Crippen LogP contribution in [0.1, 0.15) is 39.0 Å². The van der Waals surface area contributed by atoms with Crippen LogP contribution in [0, 0.1) is 0 Å². The summed E-state index contributed by atoms with van der Waals surface area (Å²) >= 11 is 6.09. The Hall–Kier alpha value is -1.15. The summed E-state index contributed by atoms with van der Waals surface area (Å²) in [6, 6.07) is 6.62. The highest BCUT2D eigenvalue weighted by atomic mass is 35.5. The molecule has 3 rings (SSSR count). The maximum Gasteiger partial charge on any atom is 0.244 e. The van der Waals surface area contributed by atoms with Crippen LogP contribution < -0.4 is 0 Å². The van der Waals surface area contributed by atoms with Gasteiger partial charge < -0.3 is 4.90 Å². The van der Waals surface area contributed by atoms with Crippen molar-refractivity contribution in [3.8, 4) is 0 Å². The van der Waals surface area contributed by atoms with E-state index in [0.717, 1.165) is 12.8 Å². The highest BCUT2D eigenvalue weighted by Crippen LogP contribution is 2.26. The molecule has 28 heavy (non-hydrogen) atoms. The summed E-state index contributed by atoms with van der Waals surface area (Å²) in [4.78, 5) is 17.1. The molecule has 156 valence electrons. The number of carbonyl (C=O) groups is 1. The maximum absolute atomic E-state index is 12.9. The highest BCUT2D eigenvalue weighted by Gasteiger charge is 2.34. The van der Waals surface area contributed by atoms with Crippen LogP contribution in [0.25, 0.3) is 0 Å². The molecule has 1 amide bonds. The van der Waals surface area contributed by atoms with E-state index < -0.39 is 10.0 Å². The number of rotatable bonds is 5. The van der Waals surface area contributed by atoms with Crippen molar-refractivity contribution in [2.75, 3.05) is 33.2 Å². The molecule has 1 aliphatic carbocycles. The average molecular weight is 428 g/mol. The first-order valence-electron chi connectivity index (χ1n) is 10.1. The third kappa shape index (κ3) is 4.53. The highest BCUT2D eigenvalue weighted by molar-refractivity contribution is 7.89. The molecule has 0 spiro atoms. The molecule has 8 heteroatoms. The van der Waals surface area contributed by atoms with Gasteiger partial charge in [-0.15, -0.1) is 0 Å². The molecule has 1 saturated carbocycles. The Kier molecular flexibility index (Phi) is 7.02. The van der Waals surface area contributed by atoms with Crippen molar-refractivity contribution < 1.29 is 13.2 Å². The number of carbonyl (C=O) groups excluding carboxylic acids is 1. The quantitative estimate of drug-likeness (QED) is 0.724. The lowest BCUT2D eigenvalue weighted by atomic mass is 9.94. The molecule has 1 aliphatic heterocycles. The van der Waals surface area contributed by atoms with Crippen LogP contribution in [0.2, 0.25) is 5.02 Å². The van der Waals surface area contributed by atoms with E-state index in [1.807, 2.05) is 18.9 Å². The molecule has 0 aromatic heterocycles. The second-order valence-electron chi connectivity index (χ2n) is 7.79. The van der Waals surface area contributed by atoms with Crippen LogP contribution in [-0.4, -0.2) is 73.7 Å². The summed E-state index contributed by atoms with van der Waals surface area (Å²) in [5.74, 6) is 0.134. The normalized spacial score (nSPS) is 21.4. The summed E-state index contributed by atoms with van der Waals surface area (Å²) in [6.45, 7) is 3.72. The summed E-state index contributed by atoms with van der Waals surface area (Å²) in [5.41, 5.74) is 0. The SMILES string of the molecule is C[C@@H](C(=O)N(C)C1CCCCC1)N1CCN(S(=O)(=O)c2ccccc2Cl)CC1. The van der Waals surface area contributed by atoms with Crippen molar-refractivity contribution in [2.45, 2.75) is 56.0 Å². The molecule has 1 aromatic rings. The third-order valence-corrected chi connectivity index (χ3v) is 8.50. The Morgan fingerprint density at radius 2 is 1.71 bits per heavy atom. The number of halogens is 1. The number of hydrogen-bond donors (Lipinski definition) is 0. The van der Waals surface area contributed by atoms with Crippen LogP contribution in [0.4, 0.5) is 0 Å². The zero-order valence-electron chi connectivity index (χ0n) is 16.7. The Balaban J connectivity index is 1.60. The standard InChI is InChI=1S/C20H30ClN3O3S/c1-16(20(25)22(2)17-8-4-3-5-9-17)23-12-14-24(15-13-23)28(26,27)19-11-7-6-10-18(19)21/h6-7,10-11,16-17H,3-5,8-9,12-15H2,1-2H3/t16-/m0/s1. The fourth-order valence-electron chi connectivity index (χ4n) is 4.22. The second kappa shape index (κ2) is 9.11. The van der Waals surface area contributed by atoms with Gasteiger partial charge in [0.05, 0.1) is 11.1 Å². The van der Waals surface area contributed by atoms with Crippen LogP contribution in [-0.2, 0) is 14.8 Å². The Labute approximate surface area is 173 Å². The van der Waals surface area contributed by atoms with Crippen molar-refractivity contribution in [1.29, 1.82) is 0 Å². The van der Waals surface area contributed by atoms with Gasteiger partial charge in [-0.05, 0) is 31.9 Å². The lowest BCUT2D eigenvalue weighted by Gasteiger charge is -2.40. The van der Waals surface area contributed by atoms with E-state index in [9.17, 15) is 13.2 Å². The molecule has 0 bridgehead atoms. The van der Waals surface area contributed by atoms with Crippen LogP contribution in [0.3, 0.4) is 0 Å². The number of amides is 1. The summed E-state index contributed by atoms with van der Waals surface area (Å²) in [5, 5.41) is 0.239. The molecule has 6 nitrogen and oxygen atoms in total. The minimum Gasteiger partial charge on any atom is -0.341 e. The minimum absolute atomic E-state index is 0.134. The number of sulfonamides is 1. The lowest BCUT2D eigenvalue weighted by Crippen LogP contribution is -2.56. The average Bonchev–Trinajstić information content (AvgIpc) is 2.73. The van der Waals surface area contributed by atoms with Gasteiger partial charge in [0.15, 0.2) is 0 Å². The molecule has 0 radical (unpaired) electrons. The van der Waals surface area contributed by atoms with Crippen LogP contribution >= 0.6 is 11.6 Å². The Morgan fingerprint density at radius 1 is 1.11 bits per heavy atom. The molecule has 1 saturated heterocycles. The molecule has 0 unspecified atom stereocenters. The van der Waals surface area contributed by atoms with Crippen molar-refractivity contribution in [3.05, 3.63) is 29.3 Å². The van der Waals surface area contributed by atoms with Gasteiger partial charge in [0, 0.05) is 39.3 Å². The van der Waals surface area contributed by atoms with E-state index in [1.54, 1.807) is 18.2 Å². The van der Waals surface area contributed by atoms with Gasteiger partial charge in [0.1, 0.15) is 4.90 Å². The number of likely N-dealkylation sites (N-methyl/N-ethyl adjacent to an activating group) is 1. The molecular formula is C20H30ClN3O3S. The third-order valence-electron chi connectivity index (χ3n) is 6.10. The first kappa shape index (κ1) is 21.6. The largest absolute Gasteiger partial charge is 0.341 e. The summed E-state index contributed by atoms with van der Waals surface area (Å²) in [6.07, 6.45) is 5.80. The van der Waals surface area contributed by atoms with Crippen molar-refractivity contribution >= 4 is 27.5 Å². The number of hydrogen-bond acceptors (Lipinski definition) is 4. The summed E-state index contributed by atoms with van der Waals surface area (Å²) in [7, 11) is -1.71. The van der Waals surface area contributed by atoms with Gasteiger partial charge in [-0.25, -0.2) is 8.42 Å². The zero-order valence-corrected chi connectivity index (χ0v) is 18.3. The van der Waals surface area contributed by atoms with E-state index in [1.165, 1.54) is 29.6 Å². The van der Waals surface area contributed by atoms with E-state index >= 15 is 0 Å². The van der Waals surface area contributed by atoms with Crippen molar-refractivity contribution in [1.82, 2.24) is 14.1 Å². The Morgan fingerprint density at radius 3 is 2.32 bits per heavy atom. The first-order chi connectivity index (χ1) is 13.3. The number of piperazine rings is 1. The second-order valence-corrected chi connectivity index (χ2v) is 10.1. The number of nitrogens with zero attached hydrogens (tertiary/aromatic N) is 3. The molecule has 1 atom stereocenters. The number of benzene rings is 1. The molecule has 1 heterocycles. The van der Waals surface area contributed by atoms with Gasteiger partial charge in [0.25, 0.3) is 0 Å². The molecule has 2 fully saturated rings. The lowest BCUT2D eigenvalue weighted by molar-refractivity contribution is -0.138. The van der Waals surface area contributed by atoms with Gasteiger partial charge >= 0.3 is 0 Å². The fourth-order valence-corrected chi connectivity index (χ4v) is 6.14.